The number of quaternary nitrogens is 1. The lowest BCUT2D eigenvalue weighted by atomic mass is 10.1. The van der Waals surface area contributed by atoms with Gasteiger partial charge < -0.3 is 43.3 Å². The first-order valence-corrected chi connectivity index (χ1v) is 16.6. The molecule has 0 bridgehead atoms. The smallest absolute Gasteiger partial charge is 0.213 e. The van der Waals surface area contributed by atoms with Crippen LogP contribution < -0.4 is 43.4 Å². The molecule has 0 radical (unpaired) electrons. The van der Waals surface area contributed by atoms with Crippen LogP contribution in [0.15, 0.2) is 60.8 Å². The quantitative estimate of drug-likeness (QED) is 0.136. The maximum Gasteiger partial charge on any atom is 0.213 e. The van der Waals surface area contributed by atoms with Crippen LogP contribution in [0.5, 0.6) is 0 Å². The molecule has 0 amide bonds. The molecule has 3 nitrogen and oxygen atoms in total. The van der Waals surface area contributed by atoms with Crippen LogP contribution in [0.4, 0.5) is 5.00 Å². The topological polar surface area (TPSA) is 7.12 Å². The third kappa shape index (κ3) is 8.99. The van der Waals surface area contributed by atoms with Crippen LogP contribution in [0.25, 0.3) is 32.8 Å². The number of pyridine rings is 1. The number of hydrogen-bond acceptors (Lipinski definition) is 3. The Hall–Kier alpha value is -1.51. The lowest BCUT2D eigenvalue weighted by molar-refractivity contribution is -0.925. The number of benzene rings is 1. The third-order valence-electron chi connectivity index (χ3n) is 8.19. The van der Waals surface area contributed by atoms with E-state index in [0.717, 1.165) is 19.6 Å². The highest BCUT2D eigenvalue weighted by Gasteiger charge is 2.21. The number of thiophene rings is 2. The van der Waals surface area contributed by atoms with Crippen LogP contribution in [0, 0.1) is 0 Å². The van der Waals surface area contributed by atoms with E-state index in [9.17, 15) is 0 Å². The molecule has 1 aromatic carbocycles. The normalized spacial score (nSPS) is 11.5. The van der Waals surface area contributed by atoms with Gasteiger partial charge in [-0.25, -0.2) is 0 Å². The van der Waals surface area contributed by atoms with Gasteiger partial charge in [-0.3, -0.25) is 0 Å². The number of nitrogens with zero attached hydrogens (tertiary/aromatic N) is 3. The zero-order chi connectivity index (χ0) is 27.7. The van der Waals surface area contributed by atoms with Crippen LogP contribution in [-0.2, 0) is 6.54 Å². The molecule has 224 valence electrons. The molecule has 0 atom stereocenters. The average molecular weight is 722 g/mol. The summed E-state index contributed by atoms with van der Waals surface area (Å²) in [6.07, 6.45) is 10.4. The summed E-state index contributed by atoms with van der Waals surface area (Å²) in [5.41, 5.74) is 2.61. The van der Waals surface area contributed by atoms with E-state index in [1.165, 1.54) is 86.0 Å². The van der Waals surface area contributed by atoms with E-state index in [2.05, 4.69) is 117 Å². The summed E-state index contributed by atoms with van der Waals surface area (Å²) in [4.78, 5) is 6.56. The fourth-order valence-electron chi connectivity index (χ4n) is 5.62. The Morgan fingerprint density at radius 2 is 1.41 bits per heavy atom. The zero-order valence-electron chi connectivity index (χ0n) is 25.4. The van der Waals surface area contributed by atoms with Crippen LogP contribution in [0.2, 0.25) is 0 Å². The highest BCUT2D eigenvalue weighted by atomic mass is 79.9. The maximum absolute atomic E-state index is 2.53. The number of halogens is 2. The maximum atomic E-state index is 2.53. The van der Waals surface area contributed by atoms with Crippen LogP contribution >= 0.6 is 22.7 Å². The van der Waals surface area contributed by atoms with Crippen molar-refractivity contribution < 1.29 is 43.0 Å². The number of anilines is 1. The van der Waals surface area contributed by atoms with E-state index in [-0.39, 0.29) is 34.0 Å². The molecule has 7 heteroatoms. The summed E-state index contributed by atoms with van der Waals surface area (Å²) in [5, 5.41) is 2.72. The van der Waals surface area contributed by atoms with Crippen LogP contribution in [-0.4, -0.2) is 43.8 Å². The lowest BCUT2D eigenvalue weighted by Gasteiger charge is -2.35. The van der Waals surface area contributed by atoms with E-state index >= 15 is 0 Å². The molecule has 0 fully saturated rings. The molecule has 41 heavy (non-hydrogen) atoms. The Morgan fingerprint density at radius 3 is 2.10 bits per heavy atom. The van der Waals surface area contributed by atoms with E-state index in [1.807, 2.05) is 22.7 Å². The molecule has 0 N–H and O–H groups in total. The summed E-state index contributed by atoms with van der Waals surface area (Å²) < 4.78 is 3.66. The molecular weight excluding hydrogens is 674 g/mol. The molecule has 0 saturated heterocycles. The molecular formula is C34H47Br2N3S2. The molecule has 4 rings (SSSR count). The number of fused-ring (bicyclic) bond motifs is 1. The molecule has 0 spiro atoms. The number of aryl methyl sites for hydroxylation is 1. The van der Waals surface area contributed by atoms with Gasteiger partial charge >= 0.3 is 0 Å². The minimum atomic E-state index is 0. The predicted molar refractivity (Wildman–Crippen MR) is 175 cm³/mol. The number of aromatic nitrogens is 1. The predicted octanol–water partition coefficient (Wildman–Crippen LogP) is 2.99. The molecule has 3 heterocycles. The molecule has 3 aromatic heterocycles. The Labute approximate surface area is 277 Å². The summed E-state index contributed by atoms with van der Waals surface area (Å²) >= 11 is 3.81. The van der Waals surface area contributed by atoms with Gasteiger partial charge in [-0.1, -0.05) is 32.1 Å². The molecule has 0 unspecified atom stereocenters. The van der Waals surface area contributed by atoms with Gasteiger partial charge in [-0.15, -0.1) is 22.7 Å². The molecule has 4 aromatic rings. The summed E-state index contributed by atoms with van der Waals surface area (Å²) in [6, 6.07) is 20.3. The van der Waals surface area contributed by atoms with Crippen LogP contribution in [0.3, 0.4) is 0 Å². The molecule has 0 aliphatic rings. The number of para-hydroxylation sites is 1. The Balaban J connectivity index is 0.00000294. The summed E-state index contributed by atoms with van der Waals surface area (Å²) in [7, 11) is 0. The monoisotopic (exact) mass is 719 g/mol. The van der Waals surface area contributed by atoms with Crippen molar-refractivity contribution in [3.8, 4) is 9.75 Å². The van der Waals surface area contributed by atoms with Crippen molar-refractivity contribution in [2.45, 2.75) is 60.4 Å². The standard InChI is InChI=1S/C34H47N3S2.2BrH/c1-6-23-36(24-7-2)34-21-20-33(39-34)32-19-18-29(38-32)17-16-28-22-26-35(31-15-12-11-14-30(28)31)25-13-27-37(8-3,9-4)10-5;;/h11-12,14-22,26H,6-10,13,23-25,27H2,1-5H3;2*1H/q+2;;/p-2. The average Bonchev–Trinajstić information content (AvgIpc) is 3.65. The van der Waals surface area contributed by atoms with Gasteiger partial charge in [-0.2, -0.15) is 4.57 Å². The van der Waals surface area contributed by atoms with E-state index < -0.39 is 0 Å². The second kappa shape index (κ2) is 17.6. The third-order valence-corrected chi connectivity index (χ3v) is 10.6. The second-order valence-electron chi connectivity index (χ2n) is 10.5. The fourth-order valence-corrected chi connectivity index (χ4v) is 7.68. The molecule has 0 aliphatic heterocycles. The minimum absolute atomic E-state index is 0. The molecule has 0 aliphatic carbocycles. The van der Waals surface area contributed by atoms with Crippen molar-refractivity contribution in [3.05, 3.63) is 71.2 Å². The number of rotatable bonds is 15. The van der Waals surface area contributed by atoms with Crippen molar-refractivity contribution in [2.75, 3.05) is 44.2 Å². The first-order chi connectivity index (χ1) is 19.1. The minimum Gasteiger partial charge on any atom is -1.00 e. The van der Waals surface area contributed by atoms with Gasteiger partial charge in [0, 0.05) is 39.9 Å². The van der Waals surface area contributed by atoms with Crippen molar-refractivity contribution in [2.24, 2.45) is 0 Å². The van der Waals surface area contributed by atoms with E-state index in [4.69, 9.17) is 0 Å². The SMILES string of the molecule is CCCN(CCC)c1ccc(-c2ccc(/C=C/c3cc[n+](CCC[N+](CC)(CC)CC)c4ccccc34)s2)s1.[Br-].[Br-]. The Morgan fingerprint density at radius 1 is 0.756 bits per heavy atom. The van der Waals surface area contributed by atoms with Crippen molar-refractivity contribution >= 4 is 50.7 Å². The molecule has 0 saturated carbocycles. The van der Waals surface area contributed by atoms with Gasteiger partial charge in [0.15, 0.2) is 12.7 Å². The highest BCUT2D eigenvalue weighted by molar-refractivity contribution is 7.24. The van der Waals surface area contributed by atoms with Crippen LogP contribution in [0.1, 0.15) is 64.3 Å². The van der Waals surface area contributed by atoms with E-state index in [1.54, 1.807) is 0 Å². The Bertz CT molecular complexity index is 1340. The van der Waals surface area contributed by atoms with Crippen molar-refractivity contribution in [1.82, 2.24) is 0 Å². The number of hydrogen-bond donors (Lipinski definition) is 0. The largest absolute Gasteiger partial charge is 1.00 e. The van der Waals surface area contributed by atoms with Crippen molar-refractivity contribution in [1.29, 1.82) is 0 Å². The van der Waals surface area contributed by atoms with Gasteiger partial charge in [0.25, 0.3) is 0 Å². The van der Waals surface area contributed by atoms with Gasteiger partial charge in [0.1, 0.15) is 0 Å². The second-order valence-corrected chi connectivity index (χ2v) is 12.7. The van der Waals surface area contributed by atoms with Gasteiger partial charge in [0.2, 0.25) is 5.52 Å². The first kappa shape index (κ1) is 35.7. The van der Waals surface area contributed by atoms with Gasteiger partial charge in [-0.05, 0) is 75.6 Å². The summed E-state index contributed by atoms with van der Waals surface area (Å²) in [5.74, 6) is 0. The summed E-state index contributed by atoms with van der Waals surface area (Å²) in [6.45, 7) is 19.8. The first-order valence-electron chi connectivity index (χ1n) is 15.0. The van der Waals surface area contributed by atoms with E-state index in [0.29, 0.717) is 0 Å². The van der Waals surface area contributed by atoms with Crippen molar-refractivity contribution in [3.63, 3.8) is 0 Å². The zero-order valence-corrected chi connectivity index (χ0v) is 30.2. The Kier molecular flexibility index (Phi) is 15.3. The fraction of sp³-hybridized carbons (Fsp3) is 0.441. The van der Waals surface area contributed by atoms with Gasteiger partial charge in [0.05, 0.1) is 43.0 Å². The lowest BCUT2D eigenvalue weighted by Crippen LogP contribution is -3.00. The highest BCUT2D eigenvalue weighted by Crippen LogP contribution is 2.38.